The molecule has 110 valence electrons. The van der Waals surface area contributed by atoms with Gasteiger partial charge in [0.15, 0.2) is 0 Å². The number of rotatable bonds is 8. The van der Waals surface area contributed by atoms with Crippen molar-refractivity contribution in [2.45, 2.75) is 38.6 Å². The maximum absolute atomic E-state index is 5.33. The minimum atomic E-state index is 0.218. The fourth-order valence-electron chi connectivity index (χ4n) is 2.20. The first-order chi connectivity index (χ1) is 10.3. The van der Waals surface area contributed by atoms with Gasteiger partial charge in [0.25, 0.3) is 0 Å². The van der Waals surface area contributed by atoms with Gasteiger partial charge in [-0.1, -0.05) is 25.1 Å². The van der Waals surface area contributed by atoms with Crippen LogP contribution in [0.15, 0.2) is 36.5 Å². The zero-order valence-corrected chi connectivity index (χ0v) is 12.5. The summed E-state index contributed by atoms with van der Waals surface area (Å²) >= 11 is 0. The largest absolute Gasteiger partial charge is 0.309 e. The Morgan fingerprint density at radius 3 is 2.86 bits per heavy atom. The van der Waals surface area contributed by atoms with Crippen molar-refractivity contribution in [3.8, 4) is 18.0 Å². The lowest BCUT2D eigenvalue weighted by Crippen LogP contribution is -2.22. The molecule has 21 heavy (non-hydrogen) atoms. The van der Waals surface area contributed by atoms with Crippen molar-refractivity contribution < 1.29 is 0 Å². The van der Waals surface area contributed by atoms with Crippen LogP contribution in [0.25, 0.3) is 5.69 Å². The summed E-state index contributed by atoms with van der Waals surface area (Å²) in [7, 11) is 0. The second-order valence-corrected chi connectivity index (χ2v) is 5.00. The molecule has 0 spiro atoms. The Hall–Kier alpha value is -2.12. The number of nitrogens with one attached hydrogen (secondary N) is 1. The molecule has 0 aliphatic heterocycles. The van der Waals surface area contributed by atoms with Crippen molar-refractivity contribution in [3.63, 3.8) is 0 Å². The third kappa shape index (κ3) is 4.44. The van der Waals surface area contributed by atoms with Gasteiger partial charge in [-0.25, -0.2) is 0 Å². The fourth-order valence-corrected chi connectivity index (χ4v) is 2.20. The average molecular weight is 282 g/mol. The van der Waals surface area contributed by atoms with E-state index in [0.717, 1.165) is 43.6 Å². The summed E-state index contributed by atoms with van der Waals surface area (Å²) in [4.78, 5) is 1.68. The van der Waals surface area contributed by atoms with Crippen molar-refractivity contribution in [1.29, 1.82) is 0 Å². The van der Waals surface area contributed by atoms with Gasteiger partial charge >= 0.3 is 0 Å². The van der Waals surface area contributed by atoms with Crippen LogP contribution in [0.5, 0.6) is 0 Å². The molecule has 0 radical (unpaired) electrons. The Morgan fingerprint density at radius 1 is 1.33 bits per heavy atom. The quantitative estimate of drug-likeness (QED) is 0.597. The van der Waals surface area contributed by atoms with E-state index >= 15 is 0 Å². The molecule has 0 saturated heterocycles. The molecule has 1 aromatic carbocycles. The number of nitrogens with zero attached hydrogens (tertiary/aromatic N) is 3. The Balaban J connectivity index is 2.09. The van der Waals surface area contributed by atoms with Crippen LogP contribution in [0, 0.1) is 12.3 Å². The van der Waals surface area contributed by atoms with E-state index in [1.165, 1.54) is 0 Å². The Morgan fingerprint density at radius 2 is 2.14 bits per heavy atom. The fraction of sp³-hybridized carbons (Fsp3) is 0.412. The predicted octanol–water partition coefficient (Wildman–Crippen LogP) is 3.11. The molecule has 1 unspecified atom stereocenters. The molecule has 0 bridgehead atoms. The van der Waals surface area contributed by atoms with Crippen molar-refractivity contribution in [3.05, 3.63) is 42.2 Å². The second-order valence-electron chi connectivity index (χ2n) is 5.00. The van der Waals surface area contributed by atoms with E-state index in [4.69, 9.17) is 6.42 Å². The third-order valence-electron chi connectivity index (χ3n) is 3.31. The first-order valence-corrected chi connectivity index (χ1v) is 7.49. The third-order valence-corrected chi connectivity index (χ3v) is 3.31. The Bertz CT molecular complexity index is 568. The van der Waals surface area contributed by atoms with Crippen molar-refractivity contribution >= 4 is 0 Å². The number of terminal acetylenes is 1. The van der Waals surface area contributed by atoms with Gasteiger partial charge in [0.2, 0.25) is 0 Å². The highest BCUT2D eigenvalue weighted by molar-refractivity contribution is 5.28. The van der Waals surface area contributed by atoms with Crippen LogP contribution >= 0.6 is 0 Å². The molecule has 4 heteroatoms. The molecule has 1 atom stereocenters. The number of benzene rings is 1. The average Bonchev–Trinajstić information content (AvgIpc) is 3.01. The smallest absolute Gasteiger partial charge is 0.100 e. The maximum atomic E-state index is 5.33. The lowest BCUT2D eigenvalue weighted by atomic mass is 10.1. The summed E-state index contributed by atoms with van der Waals surface area (Å²) in [5.74, 6) is 2.69. The zero-order valence-electron chi connectivity index (χ0n) is 12.5. The highest BCUT2D eigenvalue weighted by atomic mass is 15.5. The van der Waals surface area contributed by atoms with E-state index in [1.54, 1.807) is 4.80 Å². The van der Waals surface area contributed by atoms with Crippen molar-refractivity contribution in [2.75, 3.05) is 6.54 Å². The van der Waals surface area contributed by atoms with Crippen molar-refractivity contribution in [2.24, 2.45) is 0 Å². The molecule has 1 aromatic heterocycles. The van der Waals surface area contributed by atoms with E-state index in [-0.39, 0.29) is 6.04 Å². The van der Waals surface area contributed by atoms with E-state index in [9.17, 15) is 0 Å². The van der Waals surface area contributed by atoms with Crippen LogP contribution in [-0.2, 0) is 0 Å². The predicted molar refractivity (Wildman–Crippen MR) is 85.1 cm³/mol. The Kier molecular flexibility index (Phi) is 5.99. The number of hydrogen-bond donors (Lipinski definition) is 1. The standard InChI is InChI=1S/C17H22N4/c1-3-5-7-12-16(18-13-4-2)17-14-19-21(20-17)15-10-8-6-9-11-15/h1,6,8-11,14,16,18H,4-5,7,12-13H2,2H3. The van der Waals surface area contributed by atoms with E-state index in [1.807, 2.05) is 36.5 Å². The van der Waals surface area contributed by atoms with Crippen LogP contribution < -0.4 is 5.32 Å². The van der Waals surface area contributed by atoms with Crippen LogP contribution in [0.4, 0.5) is 0 Å². The first kappa shape index (κ1) is 15.3. The van der Waals surface area contributed by atoms with Gasteiger partial charge in [-0.3, -0.25) is 0 Å². The van der Waals surface area contributed by atoms with E-state index < -0.39 is 0 Å². The summed E-state index contributed by atoms with van der Waals surface area (Å²) in [6, 6.07) is 10.2. The SMILES string of the molecule is C#CCCCC(NCCC)c1cnn(-c2ccccc2)n1. The Labute approximate surface area is 126 Å². The molecule has 1 N–H and O–H groups in total. The number of unbranched alkanes of at least 4 members (excludes halogenated alkanes) is 1. The van der Waals surface area contributed by atoms with Gasteiger partial charge in [-0.2, -0.15) is 15.0 Å². The van der Waals surface area contributed by atoms with Gasteiger partial charge < -0.3 is 5.32 Å². The van der Waals surface area contributed by atoms with Gasteiger partial charge in [-0.15, -0.1) is 12.3 Å². The molecule has 2 rings (SSSR count). The summed E-state index contributed by atoms with van der Waals surface area (Å²) < 4.78 is 0. The molecule has 0 amide bonds. The van der Waals surface area contributed by atoms with Crippen LogP contribution in [0.3, 0.4) is 0 Å². The van der Waals surface area contributed by atoms with Gasteiger partial charge in [0.05, 0.1) is 17.9 Å². The summed E-state index contributed by atoms with van der Waals surface area (Å²) in [5.41, 5.74) is 1.95. The molecule has 4 nitrogen and oxygen atoms in total. The summed E-state index contributed by atoms with van der Waals surface area (Å²) in [6.07, 6.45) is 11.1. The molecule has 0 aliphatic rings. The normalized spacial score (nSPS) is 12.0. The minimum Gasteiger partial charge on any atom is -0.309 e. The molecule has 0 fully saturated rings. The molecule has 0 saturated carbocycles. The van der Waals surface area contributed by atoms with E-state index in [2.05, 4.69) is 28.4 Å². The molecule has 0 aliphatic carbocycles. The number of para-hydroxylation sites is 1. The molecular formula is C17H22N4. The number of hydrogen-bond acceptors (Lipinski definition) is 3. The second kappa shape index (κ2) is 8.23. The zero-order chi connectivity index (χ0) is 14.9. The monoisotopic (exact) mass is 282 g/mol. The summed E-state index contributed by atoms with van der Waals surface area (Å²) in [6.45, 7) is 3.13. The van der Waals surface area contributed by atoms with Gasteiger partial charge in [0, 0.05) is 6.42 Å². The minimum absolute atomic E-state index is 0.218. The first-order valence-electron chi connectivity index (χ1n) is 7.49. The molecule has 2 aromatic rings. The van der Waals surface area contributed by atoms with Crippen LogP contribution in [0.1, 0.15) is 44.3 Å². The summed E-state index contributed by atoms with van der Waals surface area (Å²) in [5, 5.41) is 12.5. The topological polar surface area (TPSA) is 42.7 Å². The van der Waals surface area contributed by atoms with Crippen LogP contribution in [0.2, 0.25) is 0 Å². The van der Waals surface area contributed by atoms with Crippen LogP contribution in [-0.4, -0.2) is 21.5 Å². The van der Waals surface area contributed by atoms with Gasteiger partial charge in [-0.05, 0) is 37.9 Å². The molecule has 1 heterocycles. The lowest BCUT2D eigenvalue weighted by Gasteiger charge is -2.15. The highest BCUT2D eigenvalue weighted by Gasteiger charge is 2.14. The number of aromatic nitrogens is 3. The highest BCUT2D eigenvalue weighted by Crippen LogP contribution is 2.17. The lowest BCUT2D eigenvalue weighted by molar-refractivity contribution is 0.474. The molecular weight excluding hydrogens is 260 g/mol. The van der Waals surface area contributed by atoms with Gasteiger partial charge in [0.1, 0.15) is 5.69 Å². The van der Waals surface area contributed by atoms with Crippen molar-refractivity contribution in [1.82, 2.24) is 20.3 Å². The maximum Gasteiger partial charge on any atom is 0.100 e. The van der Waals surface area contributed by atoms with E-state index in [0.29, 0.717) is 0 Å².